The van der Waals surface area contributed by atoms with Gasteiger partial charge in [-0.05, 0) is 53.3 Å². The third kappa shape index (κ3) is 8.13. The summed E-state index contributed by atoms with van der Waals surface area (Å²) < 4.78 is 5.86. The van der Waals surface area contributed by atoms with E-state index in [1.54, 1.807) is 11.0 Å². The van der Waals surface area contributed by atoms with Crippen LogP contribution in [0.25, 0.3) is 0 Å². The van der Waals surface area contributed by atoms with E-state index in [9.17, 15) is 9.59 Å². The van der Waals surface area contributed by atoms with Crippen molar-refractivity contribution in [1.29, 1.82) is 0 Å². The van der Waals surface area contributed by atoms with Crippen molar-refractivity contribution < 1.29 is 14.3 Å². The van der Waals surface area contributed by atoms with Gasteiger partial charge in [0.1, 0.15) is 11.8 Å². The van der Waals surface area contributed by atoms with Gasteiger partial charge in [0.25, 0.3) is 5.91 Å². The maximum absolute atomic E-state index is 13.6. The summed E-state index contributed by atoms with van der Waals surface area (Å²) in [7, 11) is 0. The Balaban J connectivity index is 1.86. The Morgan fingerprint density at radius 2 is 1.64 bits per heavy atom. The van der Waals surface area contributed by atoms with Crippen LogP contribution in [0.5, 0.6) is 5.75 Å². The van der Waals surface area contributed by atoms with E-state index in [0.29, 0.717) is 29.7 Å². The van der Waals surface area contributed by atoms with Gasteiger partial charge in [-0.25, -0.2) is 0 Å². The Morgan fingerprint density at radius 1 is 0.944 bits per heavy atom. The van der Waals surface area contributed by atoms with E-state index in [1.807, 2.05) is 79.7 Å². The van der Waals surface area contributed by atoms with Gasteiger partial charge in [0.05, 0.1) is 0 Å². The fraction of sp³-hybridized carbons (Fsp3) is 0.333. The molecule has 0 spiro atoms. The number of rotatable bonds is 12. The van der Waals surface area contributed by atoms with Crippen LogP contribution in [0.15, 0.2) is 78.9 Å². The molecule has 0 aliphatic carbocycles. The van der Waals surface area contributed by atoms with E-state index in [1.165, 1.54) is 5.56 Å². The SMILES string of the molecule is CCCNC(=O)[C@@H](Cc1ccccc1)N(Cc1cccc(Cl)c1)C(=O)COc1ccc(C(C)C)cc1. The molecule has 0 aromatic heterocycles. The van der Waals surface area contributed by atoms with E-state index in [4.69, 9.17) is 16.3 Å². The van der Waals surface area contributed by atoms with Crippen LogP contribution >= 0.6 is 11.6 Å². The highest BCUT2D eigenvalue weighted by molar-refractivity contribution is 6.30. The zero-order valence-corrected chi connectivity index (χ0v) is 22.0. The zero-order valence-electron chi connectivity index (χ0n) is 21.2. The fourth-order valence-corrected chi connectivity index (χ4v) is 4.14. The summed E-state index contributed by atoms with van der Waals surface area (Å²) in [4.78, 5) is 28.5. The molecule has 6 heteroatoms. The first kappa shape index (κ1) is 27.3. The maximum Gasteiger partial charge on any atom is 0.261 e. The van der Waals surface area contributed by atoms with E-state index < -0.39 is 6.04 Å². The first-order valence-corrected chi connectivity index (χ1v) is 12.8. The van der Waals surface area contributed by atoms with Crippen LogP contribution in [0.3, 0.4) is 0 Å². The summed E-state index contributed by atoms with van der Waals surface area (Å²) in [6.07, 6.45) is 1.20. The number of benzene rings is 3. The van der Waals surface area contributed by atoms with Crippen molar-refractivity contribution in [2.75, 3.05) is 13.2 Å². The minimum absolute atomic E-state index is 0.173. The Morgan fingerprint density at radius 3 is 2.28 bits per heavy atom. The molecule has 0 saturated carbocycles. The standard InChI is InChI=1S/C30H35ClN2O3/c1-4-17-32-30(35)28(19-23-9-6-5-7-10-23)33(20-24-11-8-12-26(31)18-24)29(34)21-36-27-15-13-25(14-16-27)22(2)3/h5-16,18,22,28H,4,17,19-21H2,1-3H3,(H,32,35)/t28-/m1/s1. The largest absolute Gasteiger partial charge is 0.484 e. The molecule has 3 rings (SSSR count). The molecule has 1 N–H and O–H groups in total. The van der Waals surface area contributed by atoms with Crippen LogP contribution in [-0.4, -0.2) is 35.9 Å². The lowest BCUT2D eigenvalue weighted by atomic mass is 10.0. The van der Waals surface area contributed by atoms with Gasteiger partial charge in [0.2, 0.25) is 5.91 Å². The van der Waals surface area contributed by atoms with Gasteiger partial charge in [0, 0.05) is 24.5 Å². The van der Waals surface area contributed by atoms with Gasteiger partial charge >= 0.3 is 0 Å². The van der Waals surface area contributed by atoms with Crippen LogP contribution in [0.1, 0.15) is 49.8 Å². The fourth-order valence-electron chi connectivity index (χ4n) is 3.93. The molecule has 0 bridgehead atoms. The van der Waals surface area contributed by atoms with Crippen molar-refractivity contribution in [2.24, 2.45) is 0 Å². The average molecular weight is 507 g/mol. The number of hydrogen-bond acceptors (Lipinski definition) is 3. The molecule has 0 aliphatic heterocycles. The molecule has 0 aliphatic rings. The molecule has 5 nitrogen and oxygen atoms in total. The van der Waals surface area contributed by atoms with Crippen LogP contribution in [0.2, 0.25) is 5.02 Å². The second kappa shape index (κ2) is 13.7. The molecule has 0 fully saturated rings. The van der Waals surface area contributed by atoms with Crippen molar-refractivity contribution in [3.8, 4) is 5.75 Å². The van der Waals surface area contributed by atoms with Crippen LogP contribution in [0.4, 0.5) is 0 Å². The van der Waals surface area contributed by atoms with Crippen molar-refractivity contribution >= 4 is 23.4 Å². The molecule has 36 heavy (non-hydrogen) atoms. The van der Waals surface area contributed by atoms with Crippen molar-refractivity contribution in [2.45, 2.75) is 52.1 Å². The van der Waals surface area contributed by atoms with E-state index in [0.717, 1.165) is 17.5 Å². The number of halogens is 1. The summed E-state index contributed by atoms with van der Waals surface area (Å²) in [5.41, 5.74) is 3.02. The number of amides is 2. The Hall–Kier alpha value is -3.31. The van der Waals surface area contributed by atoms with Crippen LogP contribution in [0, 0.1) is 0 Å². The first-order chi connectivity index (χ1) is 17.4. The third-order valence-corrected chi connectivity index (χ3v) is 6.21. The second-order valence-electron chi connectivity index (χ2n) is 9.16. The third-order valence-electron chi connectivity index (χ3n) is 5.97. The summed E-state index contributed by atoms with van der Waals surface area (Å²) in [6.45, 7) is 6.87. The van der Waals surface area contributed by atoms with Gasteiger partial charge in [0.15, 0.2) is 6.61 Å². The molecule has 1 atom stereocenters. The van der Waals surface area contributed by atoms with Gasteiger partial charge < -0.3 is 15.0 Å². The van der Waals surface area contributed by atoms with E-state index in [-0.39, 0.29) is 25.0 Å². The minimum atomic E-state index is -0.697. The molecule has 190 valence electrons. The molecule has 0 radical (unpaired) electrons. The number of carbonyl (C=O) groups is 2. The molecule has 2 amide bonds. The molecule has 3 aromatic carbocycles. The highest BCUT2D eigenvalue weighted by Crippen LogP contribution is 2.20. The molecular formula is C30H35ClN2O3. The lowest BCUT2D eigenvalue weighted by Gasteiger charge is -2.31. The lowest BCUT2D eigenvalue weighted by molar-refractivity contribution is -0.142. The number of nitrogens with zero attached hydrogens (tertiary/aromatic N) is 1. The summed E-state index contributed by atoms with van der Waals surface area (Å²) in [5, 5.41) is 3.56. The lowest BCUT2D eigenvalue weighted by Crippen LogP contribution is -2.51. The summed E-state index contributed by atoms with van der Waals surface area (Å²) in [6, 6.07) is 24.1. The van der Waals surface area contributed by atoms with Gasteiger partial charge in [-0.1, -0.05) is 87.0 Å². The quantitative estimate of drug-likeness (QED) is 0.327. The summed E-state index contributed by atoms with van der Waals surface area (Å²) >= 11 is 6.22. The van der Waals surface area contributed by atoms with Crippen LogP contribution in [-0.2, 0) is 22.6 Å². The normalized spacial score (nSPS) is 11.7. The molecule has 0 saturated heterocycles. The number of hydrogen-bond donors (Lipinski definition) is 1. The molecule has 0 unspecified atom stereocenters. The van der Waals surface area contributed by atoms with Crippen molar-refractivity contribution in [3.05, 3.63) is 101 Å². The zero-order chi connectivity index (χ0) is 25.9. The first-order valence-electron chi connectivity index (χ1n) is 12.5. The predicted molar refractivity (Wildman–Crippen MR) is 145 cm³/mol. The minimum Gasteiger partial charge on any atom is -0.484 e. The second-order valence-corrected chi connectivity index (χ2v) is 9.60. The van der Waals surface area contributed by atoms with E-state index >= 15 is 0 Å². The predicted octanol–water partition coefficient (Wildman–Crippen LogP) is 6.01. The molecule has 0 heterocycles. The van der Waals surface area contributed by atoms with Gasteiger partial charge in [-0.3, -0.25) is 9.59 Å². The topological polar surface area (TPSA) is 58.6 Å². The molecule has 3 aromatic rings. The maximum atomic E-state index is 13.6. The van der Waals surface area contributed by atoms with Crippen molar-refractivity contribution in [1.82, 2.24) is 10.2 Å². The Kier molecular flexibility index (Phi) is 10.4. The van der Waals surface area contributed by atoms with E-state index in [2.05, 4.69) is 19.2 Å². The number of nitrogens with one attached hydrogen (secondary N) is 1. The van der Waals surface area contributed by atoms with Crippen LogP contribution < -0.4 is 10.1 Å². The highest BCUT2D eigenvalue weighted by Gasteiger charge is 2.30. The monoisotopic (exact) mass is 506 g/mol. The highest BCUT2D eigenvalue weighted by atomic mass is 35.5. The number of carbonyl (C=O) groups excluding carboxylic acids is 2. The smallest absolute Gasteiger partial charge is 0.261 e. The van der Waals surface area contributed by atoms with Crippen molar-refractivity contribution in [3.63, 3.8) is 0 Å². The Labute approximate surface area is 219 Å². The summed E-state index contributed by atoms with van der Waals surface area (Å²) in [5.74, 6) is 0.576. The number of ether oxygens (including phenoxy) is 1. The Bertz CT molecular complexity index is 1120. The van der Waals surface area contributed by atoms with Gasteiger partial charge in [-0.15, -0.1) is 0 Å². The van der Waals surface area contributed by atoms with Gasteiger partial charge in [-0.2, -0.15) is 0 Å². The molecular weight excluding hydrogens is 472 g/mol. The average Bonchev–Trinajstić information content (AvgIpc) is 2.88.